The summed E-state index contributed by atoms with van der Waals surface area (Å²) in [4.78, 5) is 3.83. The standard InChI is InChI=1S/C9H12F3N3O2/c1-2-3-13-4-8-14-7(15-17-8)5-16-6-9(10,11)12/h2,13H,1,3-6H2. The molecule has 17 heavy (non-hydrogen) atoms. The Balaban J connectivity index is 2.28. The lowest BCUT2D eigenvalue weighted by molar-refractivity contribution is -0.177. The lowest BCUT2D eigenvalue weighted by atomic mass is 10.5. The number of nitrogens with zero attached hydrogens (tertiary/aromatic N) is 2. The van der Waals surface area contributed by atoms with Crippen LogP contribution in [-0.4, -0.2) is 29.5 Å². The zero-order valence-corrected chi connectivity index (χ0v) is 8.96. The first kappa shape index (κ1) is 13.7. The van der Waals surface area contributed by atoms with Gasteiger partial charge in [0.05, 0.1) is 6.54 Å². The molecule has 1 N–H and O–H groups in total. The van der Waals surface area contributed by atoms with Gasteiger partial charge in [0.1, 0.15) is 13.2 Å². The molecule has 0 saturated carbocycles. The molecule has 8 heteroatoms. The van der Waals surface area contributed by atoms with Gasteiger partial charge in [0, 0.05) is 6.54 Å². The summed E-state index contributed by atoms with van der Waals surface area (Å²) in [5.41, 5.74) is 0. The summed E-state index contributed by atoms with van der Waals surface area (Å²) >= 11 is 0. The van der Waals surface area contributed by atoms with E-state index < -0.39 is 12.8 Å². The summed E-state index contributed by atoms with van der Waals surface area (Å²) in [6.07, 6.45) is -2.69. The first-order chi connectivity index (χ1) is 8.01. The van der Waals surface area contributed by atoms with E-state index in [1.807, 2.05) is 0 Å². The predicted octanol–water partition coefficient (Wildman–Crippen LogP) is 1.42. The lowest BCUT2D eigenvalue weighted by Crippen LogP contribution is -2.17. The second-order valence-electron chi connectivity index (χ2n) is 3.13. The van der Waals surface area contributed by atoms with Crippen LogP contribution in [-0.2, 0) is 17.9 Å². The Labute approximate surface area is 95.6 Å². The van der Waals surface area contributed by atoms with Crippen molar-refractivity contribution in [3.8, 4) is 0 Å². The molecule has 1 rings (SSSR count). The van der Waals surface area contributed by atoms with Crippen LogP contribution in [0.3, 0.4) is 0 Å². The number of nitrogens with one attached hydrogen (secondary N) is 1. The minimum atomic E-state index is -4.35. The highest BCUT2D eigenvalue weighted by atomic mass is 19.4. The van der Waals surface area contributed by atoms with Crippen molar-refractivity contribution >= 4 is 0 Å². The summed E-state index contributed by atoms with van der Waals surface area (Å²) in [5.74, 6) is 0.377. The van der Waals surface area contributed by atoms with Crippen molar-refractivity contribution in [2.75, 3.05) is 13.2 Å². The van der Waals surface area contributed by atoms with Crippen LogP contribution < -0.4 is 5.32 Å². The summed E-state index contributed by atoms with van der Waals surface area (Å²) in [6, 6.07) is 0. The first-order valence-corrected chi connectivity index (χ1v) is 4.79. The van der Waals surface area contributed by atoms with E-state index in [0.717, 1.165) is 0 Å². The van der Waals surface area contributed by atoms with Crippen LogP contribution in [0.15, 0.2) is 17.2 Å². The van der Waals surface area contributed by atoms with Gasteiger partial charge < -0.3 is 14.6 Å². The average Bonchev–Trinajstić information content (AvgIpc) is 2.64. The second-order valence-corrected chi connectivity index (χ2v) is 3.13. The van der Waals surface area contributed by atoms with Crippen molar-refractivity contribution in [3.05, 3.63) is 24.4 Å². The zero-order valence-electron chi connectivity index (χ0n) is 8.96. The van der Waals surface area contributed by atoms with Crippen LogP contribution in [0.5, 0.6) is 0 Å². The predicted molar refractivity (Wildman–Crippen MR) is 51.9 cm³/mol. The third-order valence-electron chi connectivity index (χ3n) is 1.57. The van der Waals surface area contributed by atoms with Gasteiger partial charge in [-0.25, -0.2) is 0 Å². The van der Waals surface area contributed by atoms with Crippen LogP contribution >= 0.6 is 0 Å². The normalized spacial score (nSPS) is 11.7. The number of aromatic nitrogens is 2. The summed E-state index contributed by atoms with van der Waals surface area (Å²) in [6.45, 7) is 2.75. The van der Waals surface area contributed by atoms with Crippen LogP contribution in [0, 0.1) is 0 Å². The molecule has 0 saturated heterocycles. The molecule has 0 atom stereocenters. The van der Waals surface area contributed by atoms with Crippen molar-refractivity contribution in [3.63, 3.8) is 0 Å². The average molecular weight is 251 g/mol. The van der Waals surface area contributed by atoms with Gasteiger partial charge >= 0.3 is 6.18 Å². The molecule has 5 nitrogen and oxygen atoms in total. The minimum Gasteiger partial charge on any atom is -0.364 e. The molecule has 0 unspecified atom stereocenters. The molecule has 0 aromatic carbocycles. The van der Waals surface area contributed by atoms with Gasteiger partial charge in [-0.1, -0.05) is 11.2 Å². The summed E-state index contributed by atoms with van der Waals surface area (Å²) in [5, 5.41) is 6.38. The zero-order chi connectivity index (χ0) is 12.7. The maximum atomic E-state index is 11.8. The van der Waals surface area contributed by atoms with E-state index in [0.29, 0.717) is 13.1 Å². The van der Waals surface area contributed by atoms with Crippen molar-refractivity contribution in [2.24, 2.45) is 0 Å². The molecule has 0 fully saturated rings. The highest BCUT2D eigenvalue weighted by Crippen LogP contribution is 2.15. The molecule has 0 bridgehead atoms. The maximum absolute atomic E-state index is 11.8. The molecule has 1 aromatic heterocycles. The van der Waals surface area contributed by atoms with E-state index in [9.17, 15) is 13.2 Å². The number of alkyl halides is 3. The van der Waals surface area contributed by atoms with E-state index in [1.54, 1.807) is 6.08 Å². The third kappa shape index (κ3) is 6.03. The Hall–Kier alpha value is -1.41. The Kier molecular flexibility index (Phi) is 5.11. The quantitative estimate of drug-likeness (QED) is 0.586. The van der Waals surface area contributed by atoms with E-state index >= 15 is 0 Å². The number of rotatable bonds is 7. The maximum Gasteiger partial charge on any atom is 0.411 e. The number of halogens is 3. The molecule has 0 radical (unpaired) electrons. The van der Waals surface area contributed by atoms with Gasteiger partial charge in [0.2, 0.25) is 5.89 Å². The summed E-state index contributed by atoms with van der Waals surface area (Å²) < 4.78 is 44.4. The van der Waals surface area contributed by atoms with Crippen molar-refractivity contribution in [1.29, 1.82) is 0 Å². The number of hydrogen-bond acceptors (Lipinski definition) is 5. The van der Waals surface area contributed by atoms with Crippen molar-refractivity contribution < 1.29 is 22.4 Å². The molecular formula is C9H12F3N3O2. The molecule has 0 amide bonds. The van der Waals surface area contributed by atoms with Crippen LogP contribution in [0.1, 0.15) is 11.7 Å². The van der Waals surface area contributed by atoms with E-state index in [2.05, 4.69) is 26.8 Å². The van der Waals surface area contributed by atoms with Crippen LogP contribution in [0.4, 0.5) is 13.2 Å². The Morgan fingerprint density at radius 1 is 1.47 bits per heavy atom. The molecule has 1 heterocycles. The number of ether oxygens (including phenoxy) is 1. The monoisotopic (exact) mass is 251 g/mol. The Bertz CT molecular complexity index is 352. The highest BCUT2D eigenvalue weighted by Gasteiger charge is 2.27. The van der Waals surface area contributed by atoms with Crippen LogP contribution in [0.25, 0.3) is 0 Å². The van der Waals surface area contributed by atoms with Crippen LogP contribution in [0.2, 0.25) is 0 Å². The van der Waals surface area contributed by atoms with Gasteiger partial charge in [-0.05, 0) is 0 Å². The van der Waals surface area contributed by atoms with E-state index in [1.165, 1.54) is 0 Å². The summed E-state index contributed by atoms with van der Waals surface area (Å²) in [7, 11) is 0. The fourth-order valence-corrected chi connectivity index (χ4v) is 0.960. The van der Waals surface area contributed by atoms with Gasteiger partial charge in [-0.3, -0.25) is 0 Å². The molecule has 96 valence electrons. The lowest BCUT2D eigenvalue weighted by Gasteiger charge is -2.04. The number of hydrogen-bond donors (Lipinski definition) is 1. The smallest absolute Gasteiger partial charge is 0.364 e. The topological polar surface area (TPSA) is 60.2 Å². The highest BCUT2D eigenvalue weighted by molar-refractivity contribution is 4.84. The molecule has 0 aliphatic carbocycles. The molecule has 0 aliphatic rings. The fourth-order valence-electron chi connectivity index (χ4n) is 0.960. The molecule has 0 spiro atoms. The Morgan fingerprint density at radius 2 is 2.24 bits per heavy atom. The minimum absolute atomic E-state index is 0.0876. The first-order valence-electron chi connectivity index (χ1n) is 4.79. The fraction of sp³-hybridized carbons (Fsp3) is 0.556. The third-order valence-corrected chi connectivity index (χ3v) is 1.57. The largest absolute Gasteiger partial charge is 0.411 e. The molecular weight excluding hydrogens is 239 g/mol. The SMILES string of the molecule is C=CCNCc1nc(COCC(F)(F)F)no1. The second kappa shape index (κ2) is 6.36. The van der Waals surface area contributed by atoms with Gasteiger partial charge in [-0.15, -0.1) is 6.58 Å². The Morgan fingerprint density at radius 3 is 2.88 bits per heavy atom. The molecule has 0 aliphatic heterocycles. The van der Waals surface area contributed by atoms with E-state index in [4.69, 9.17) is 4.52 Å². The van der Waals surface area contributed by atoms with Crippen molar-refractivity contribution in [2.45, 2.75) is 19.3 Å². The van der Waals surface area contributed by atoms with Crippen molar-refractivity contribution in [1.82, 2.24) is 15.5 Å². The molecule has 1 aromatic rings. The van der Waals surface area contributed by atoms with Gasteiger partial charge in [-0.2, -0.15) is 18.2 Å². The van der Waals surface area contributed by atoms with E-state index in [-0.39, 0.29) is 18.3 Å². The van der Waals surface area contributed by atoms with Gasteiger partial charge in [0.15, 0.2) is 5.82 Å². The van der Waals surface area contributed by atoms with Gasteiger partial charge in [0.25, 0.3) is 0 Å².